The number of nitrogens with one attached hydrogen (secondary N) is 2. The number of carbonyl (C=O) groups is 1. The zero-order valence-electron chi connectivity index (χ0n) is 18.2. The van der Waals surface area contributed by atoms with Crippen LogP contribution in [-0.4, -0.2) is 47.5 Å². The molecule has 8 heteroatoms. The third-order valence-electron chi connectivity index (χ3n) is 5.35. The summed E-state index contributed by atoms with van der Waals surface area (Å²) in [6.07, 6.45) is 5.05. The summed E-state index contributed by atoms with van der Waals surface area (Å²) in [6, 6.07) is 11.6. The van der Waals surface area contributed by atoms with Crippen molar-refractivity contribution in [2.75, 3.05) is 37.4 Å². The van der Waals surface area contributed by atoms with E-state index in [9.17, 15) is 4.79 Å². The van der Waals surface area contributed by atoms with Crippen molar-refractivity contribution >= 4 is 49.9 Å². The Morgan fingerprint density at radius 1 is 1.22 bits per heavy atom. The van der Waals surface area contributed by atoms with E-state index in [0.29, 0.717) is 23.9 Å². The fourth-order valence-corrected chi connectivity index (χ4v) is 4.06. The van der Waals surface area contributed by atoms with Crippen molar-refractivity contribution in [3.05, 3.63) is 58.8 Å². The standard InChI is InChI=1S/C24H26BrN5O2/c1-3-32-22-14-20-19(24(27-15-26-20)28-18-6-4-5-17(25)12-18)13-21(22)29-23(31)11-16-7-9-30(2)10-8-16/h4-6,11-15H,3,7-10H2,1-2H3,(H,29,31)(H,26,27,28). The number of hydrogen-bond donors (Lipinski definition) is 2. The first-order valence-corrected chi connectivity index (χ1v) is 11.4. The highest BCUT2D eigenvalue weighted by atomic mass is 79.9. The predicted molar refractivity (Wildman–Crippen MR) is 132 cm³/mol. The fourth-order valence-electron chi connectivity index (χ4n) is 3.66. The van der Waals surface area contributed by atoms with E-state index < -0.39 is 0 Å². The van der Waals surface area contributed by atoms with Gasteiger partial charge in [0.2, 0.25) is 5.91 Å². The second-order valence-corrected chi connectivity index (χ2v) is 8.67. The van der Waals surface area contributed by atoms with Crippen molar-refractivity contribution in [3.8, 4) is 5.75 Å². The van der Waals surface area contributed by atoms with E-state index in [1.807, 2.05) is 43.3 Å². The molecule has 4 rings (SSSR count). The number of rotatable bonds is 6. The molecule has 1 aliphatic heterocycles. The molecule has 166 valence electrons. The minimum absolute atomic E-state index is 0.150. The summed E-state index contributed by atoms with van der Waals surface area (Å²) < 4.78 is 6.76. The SMILES string of the molecule is CCOc1cc2ncnc(Nc3cccc(Br)c3)c2cc1NC(=O)C=C1CCN(C)CC1. The number of halogens is 1. The Balaban J connectivity index is 1.65. The number of benzene rings is 2. The minimum atomic E-state index is -0.150. The molecule has 2 heterocycles. The van der Waals surface area contributed by atoms with Gasteiger partial charge < -0.3 is 20.3 Å². The molecule has 0 radical (unpaired) electrons. The molecule has 0 aliphatic carbocycles. The predicted octanol–water partition coefficient (Wildman–Crippen LogP) is 5.13. The maximum Gasteiger partial charge on any atom is 0.248 e. The number of fused-ring (bicyclic) bond motifs is 1. The highest BCUT2D eigenvalue weighted by molar-refractivity contribution is 9.10. The molecule has 2 aromatic carbocycles. The van der Waals surface area contributed by atoms with Crippen LogP contribution in [0, 0.1) is 0 Å². The lowest BCUT2D eigenvalue weighted by molar-refractivity contribution is -0.112. The average Bonchev–Trinajstić information content (AvgIpc) is 2.76. The Hall–Kier alpha value is -2.97. The van der Waals surface area contributed by atoms with Crippen LogP contribution >= 0.6 is 15.9 Å². The molecule has 32 heavy (non-hydrogen) atoms. The fraction of sp³-hybridized carbons (Fsp3) is 0.292. The van der Waals surface area contributed by atoms with Gasteiger partial charge in [0.05, 0.1) is 17.8 Å². The van der Waals surface area contributed by atoms with Crippen LogP contribution in [0.25, 0.3) is 10.9 Å². The van der Waals surface area contributed by atoms with Crippen LogP contribution in [0.5, 0.6) is 5.75 Å². The summed E-state index contributed by atoms with van der Waals surface area (Å²) >= 11 is 3.49. The number of aromatic nitrogens is 2. The summed E-state index contributed by atoms with van der Waals surface area (Å²) in [4.78, 5) is 23.8. The molecule has 0 spiro atoms. The first kappa shape index (κ1) is 22.2. The number of amides is 1. The van der Waals surface area contributed by atoms with Gasteiger partial charge in [-0.1, -0.05) is 27.6 Å². The van der Waals surface area contributed by atoms with Crippen molar-refractivity contribution in [2.24, 2.45) is 0 Å². The van der Waals surface area contributed by atoms with Gasteiger partial charge in [0.15, 0.2) is 0 Å². The molecule has 7 nitrogen and oxygen atoms in total. The van der Waals surface area contributed by atoms with Crippen LogP contribution in [-0.2, 0) is 4.79 Å². The summed E-state index contributed by atoms with van der Waals surface area (Å²) in [6.45, 7) is 4.34. The van der Waals surface area contributed by atoms with Crippen molar-refractivity contribution in [1.29, 1.82) is 0 Å². The molecule has 0 atom stereocenters. The lowest BCUT2D eigenvalue weighted by Gasteiger charge is -2.23. The van der Waals surface area contributed by atoms with Gasteiger partial charge in [0.25, 0.3) is 0 Å². The van der Waals surface area contributed by atoms with Gasteiger partial charge in [-0.25, -0.2) is 9.97 Å². The summed E-state index contributed by atoms with van der Waals surface area (Å²) in [7, 11) is 2.10. The van der Waals surface area contributed by atoms with Crippen molar-refractivity contribution in [3.63, 3.8) is 0 Å². The number of nitrogens with zero attached hydrogens (tertiary/aromatic N) is 3. The summed E-state index contributed by atoms with van der Waals surface area (Å²) in [5.74, 6) is 1.09. The molecule has 3 aromatic rings. The van der Waals surface area contributed by atoms with E-state index in [4.69, 9.17) is 4.74 Å². The van der Waals surface area contributed by atoms with Gasteiger partial charge in [0.1, 0.15) is 17.9 Å². The zero-order chi connectivity index (χ0) is 22.5. The van der Waals surface area contributed by atoms with Crippen molar-refractivity contribution in [1.82, 2.24) is 14.9 Å². The normalized spacial score (nSPS) is 14.3. The topological polar surface area (TPSA) is 79.4 Å². The number of likely N-dealkylation sites (tertiary alicyclic amines) is 1. The van der Waals surface area contributed by atoms with Crippen LogP contribution in [0.15, 0.2) is 58.8 Å². The number of piperidine rings is 1. The minimum Gasteiger partial charge on any atom is -0.492 e. The molecule has 1 aliphatic rings. The van der Waals surface area contributed by atoms with Crippen molar-refractivity contribution < 1.29 is 9.53 Å². The lowest BCUT2D eigenvalue weighted by Crippen LogP contribution is -2.27. The van der Waals surface area contributed by atoms with Crippen molar-refractivity contribution in [2.45, 2.75) is 19.8 Å². The molecule has 0 unspecified atom stereocenters. The second-order valence-electron chi connectivity index (χ2n) is 7.75. The monoisotopic (exact) mass is 495 g/mol. The Morgan fingerprint density at radius 2 is 2.03 bits per heavy atom. The van der Waals surface area contributed by atoms with Gasteiger partial charge in [0, 0.05) is 40.8 Å². The molecule has 0 saturated carbocycles. The van der Waals surface area contributed by atoms with E-state index in [-0.39, 0.29) is 5.91 Å². The number of hydrogen-bond acceptors (Lipinski definition) is 6. The molecule has 0 bridgehead atoms. The number of ether oxygens (including phenoxy) is 1. The van der Waals surface area contributed by atoms with E-state index in [1.54, 1.807) is 6.08 Å². The number of anilines is 3. The molecular weight excluding hydrogens is 470 g/mol. The third-order valence-corrected chi connectivity index (χ3v) is 5.84. The van der Waals surface area contributed by atoms with E-state index in [1.165, 1.54) is 11.9 Å². The molecule has 1 saturated heterocycles. The second kappa shape index (κ2) is 10.1. The van der Waals surface area contributed by atoms with Gasteiger partial charge >= 0.3 is 0 Å². The Morgan fingerprint density at radius 3 is 2.78 bits per heavy atom. The summed E-state index contributed by atoms with van der Waals surface area (Å²) in [5, 5.41) is 7.13. The van der Waals surface area contributed by atoms with Crippen LogP contribution in [0.3, 0.4) is 0 Å². The Kier molecular flexibility index (Phi) is 7.02. The molecule has 2 N–H and O–H groups in total. The molecule has 1 fully saturated rings. The highest BCUT2D eigenvalue weighted by Gasteiger charge is 2.15. The van der Waals surface area contributed by atoms with Gasteiger partial charge in [-0.2, -0.15) is 0 Å². The summed E-state index contributed by atoms with van der Waals surface area (Å²) in [5.41, 5.74) is 3.39. The highest BCUT2D eigenvalue weighted by Crippen LogP contribution is 2.33. The Bertz CT molecular complexity index is 1150. The van der Waals surface area contributed by atoms with Gasteiger partial charge in [-0.15, -0.1) is 0 Å². The van der Waals surface area contributed by atoms with Gasteiger partial charge in [-0.05, 0) is 51.1 Å². The van der Waals surface area contributed by atoms with Crippen LogP contribution in [0.4, 0.5) is 17.2 Å². The van der Waals surface area contributed by atoms with Crippen LogP contribution < -0.4 is 15.4 Å². The molecule has 1 amide bonds. The van der Waals surface area contributed by atoms with Crippen LogP contribution in [0.2, 0.25) is 0 Å². The Labute approximate surface area is 196 Å². The zero-order valence-corrected chi connectivity index (χ0v) is 19.8. The first-order valence-electron chi connectivity index (χ1n) is 10.6. The smallest absolute Gasteiger partial charge is 0.248 e. The van der Waals surface area contributed by atoms with Gasteiger partial charge in [-0.3, -0.25) is 4.79 Å². The van der Waals surface area contributed by atoms with E-state index in [0.717, 1.165) is 47.0 Å². The maximum atomic E-state index is 12.8. The van der Waals surface area contributed by atoms with E-state index in [2.05, 4.69) is 48.5 Å². The quantitative estimate of drug-likeness (QED) is 0.461. The first-order chi connectivity index (χ1) is 15.5. The average molecular weight is 496 g/mol. The van der Waals surface area contributed by atoms with E-state index >= 15 is 0 Å². The third kappa shape index (κ3) is 5.44. The van der Waals surface area contributed by atoms with Crippen LogP contribution in [0.1, 0.15) is 19.8 Å². The largest absolute Gasteiger partial charge is 0.492 e. The maximum absolute atomic E-state index is 12.8. The lowest BCUT2D eigenvalue weighted by atomic mass is 10.0. The number of carbonyl (C=O) groups excluding carboxylic acids is 1. The molecule has 1 aromatic heterocycles. The molecular formula is C24H26BrN5O2.